The minimum Gasteiger partial charge on any atom is -0.488 e. The molecule has 0 bridgehead atoms. The van der Waals surface area contributed by atoms with Crippen molar-refractivity contribution in [2.45, 2.75) is 91.1 Å². The van der Waals surface area contributed by atoms with Crippen molar-refractivity contribution in [3.63, 3.8) is 0 Å². The Morgan fingerprint density at radius 3 is 1.60 bits per heavy atom. The van der Waals surface area contributed by atoms with Gasteiger partial charge in [0.05, 0.1) is 46.2 Å². The molecule has 6 aromatic rings. The molecule has 70 heavy (non-hydrogen) atoms. The Morgan fingerprint density at radius 2 is 1.10 bits per heavy atom. The fourth-order valence-corrected chi connectivity index (χ4v) is 8.09. The van der Waals surface area contributed by atoms with Gasteiger partial charge in [-0.05, 0) is 96.3 Å². The highest BCUT2D eigenvalue weighted by Gasteiger charge is 2.19. The first kappa shape index (κ1) is 52.1. The lowest BCUT2D eigenvalue weighted by molar-refractivity contribution is -0.140. The Morgan fingerprint density at radius 1 is 0.629 bits per heavy atom. The third-order valence-electron chi connectivity index (χ3n) is 11.3. The molecule has 17 heteroatoms. The zero-order chi connectivity index (χ0) is 50.2. The third kappa shape index (κ3) is 14.9. The van der Waals surface area contributed by atoms with Gasteiger partial charge in [0.2, 0.25) is 0 Å². The number of nitrogens with one attached hydrogen (secondary N) is 1. The van der Waals surface area contributed by atoms with E-state index in [2.05, 4.69) is 27.4 Å². The van der Waals surface area contributed by atoms with E-state index in [1.54, 1.807) is 48.8 Å². The van der Waals surface area contributed by atoms with Crippen LogP contribution in [-0.2, 0) is 49.0 Å². The number of aryl methyl sites for hydroxylation is 1. The lowest BCUT2D eigenvalue weighted by atomic mass is 9.92. The van der Waals surface area contributed by atoms with Crippen LogP contribution in [0.5, 0.6) is 23.0 Å². The number of aromatic nitrogens is 2. The van der Waals surface area contributed by atoms with Crippen molar-refractivity contribution in [1.82, 2.24) is 15.3 Å². The van der Waals surface area contributed by atoms with Gasteiger partial charge < -0.3 is 44.7 Å². The van der Waals surface area contributed by atoms with E-state index in [4.69, 9.17) is 52.4 Å². The van der Waals surface area contributed by atoms with Gasteiger partial charge in [-0.1, -0.05) is 59.6 Å². The minimum atomic E-state index is -1.11. The van der Waals surface area contributed by atoms with Crippen molar-refractivity contribution in [3.8, 4) is 46.3 Å². The molecule has 6 rings (SSSR count). The van der Waals surface area contributed by atoms with Gasteiger partial charge >= 0.3 is 11.9 Å². The van der Waals surface area contributed by atoms with E-state index in [1.165, 1.54) is 12.4 Å². The number of carboxylic acid groups (broad SMARTS) is 2. The van der Waals surface area contributed by atoms with Crippen LogP contribution >= 0.6 is 23.2 Å². The number of hydrogen-bond donors (Lipinski definition) is 5. The lowest BCUT2D eigenvalue weighted by Gasteiger charge is -2.19. The summed E-state index contributed by atoms with van der Waals surface area (Å²) in [5.74, 6) is -0.540. The second-order valence-corrected chi connectivity index (χ2v) is 17.3. The normalized spacial score (nSPS) is 11.8. The molecule has 362 valence electrons. The average Bonchev–Trinajstić information content (AvgIpc) is 3.33. The predicted molar refractivity (Wildman–Crippen MR) is 261 cm³/mol. The number of aliphatic carboxylic acids is 2. The SMILES string of the molecule is Cc1c(COc2cc(OCc3cncc(C#N)c3)c(CCC[C@@H](O)CC(=O)O)cc2Cl)cccc1-c1cccc(COc2cc(OCc3cncc(C#N)c3)c(CNC[C@@H](O)CC(=O)O)cc2Cl)c1C. The van der Waals surface area contributed by atoms with Gasteiger partial charge in [0.25, 0.3) is 0 Å². The number of benzene rings is 4. The van der Waals surface area contributed by atoms with Gasteiger partial charge in [-0.2, -0.15) is 10.5 Å². The Labute approximate surface area is 415 Å². The predicted octanol–water partition coefficient (Wildman–Crippen LogP) is 9.21. The fourth-order valence-electron chi connectivity index (χ4n) is 7.61. The summed E-state index contributed by atoms with van der Waals surface area (Å²) in [5, 5.41) is 60.8. The molecule has 0 fully saturated rings. The maximum Gasteiger partial charge on any atom is 0.306 e. The molecule has 2 atom stereocenters. The highest BCUT2D eigenvalue weighted by atomic mass is 35.5. The molecule has 0 amide bonds. The number of hydrogen-bond acceptors (Lipinski definition) is 13. The van der Waals surface area contributed by atoms with Gasteiger partial charge in [0, 0.05) is 66.7 Å². The topological polar surface area (TPSA) is 237 Å². The zero-order valence-corrected chi connectivity index (χ0v) is 40.0. The molecule has 0 aliphatic carbocycles. The van der Waals surface area contributed by atoms with Gasteiger partial charge in [-0.3, -0.25) is 19.6 Å². The summed E-state index contributed by atoms with van der Waals surface area (Å²) >= 11 is 13.6. The Hall–Kier alpha value is -7.24. The van der Waals surface area contributed by atoms with Gasteiger partial charge in [-0.25, -0.2) is 0 Å². The number of aliphatic hydroxyl groups excluding tert-OH is 2. The van der Waals surface area contributed by atoms with E-state index in [0.717, 1.165) is 38.9 Å². The average molecular weight is 989 g/mol. The summed E-state index contributed by atoms with van der Waals surface area (Å²) < 4.78 is 25.2. The number of carboxylic acids is 2. The number of nitrogens with zero attached hydrogens (tertiary/aromatic N) is 4. The molecule has 2 aromatic heterocycles. The molecule has 15 nitrogen and oxygen atoms in total. The van der Waals surface area contributed by atoms with Crippen LogP contribution in [0.1, 0.15) is 81.3 Å². The van der Waals surface area contributed by atoms with Gasteiger partial charge in [0.15, 0.2) is 0 Å². The molecule has 0 unspecified atom stereocenters. The van der Waals surface area contributed by atoms with E-state index in [1.807, 2.05) is 50.2 Å². The van der Waals surface area contributed by atoms with Crippen molar-refractivity contribution < 1.29 is 49.0 Å². The van der Waals surface area contributed by atoms with E-state index in [0.29, 0.717) is 73.7 Å². The first-order valence-corrected chi connectivity index (χ1v) is 23.0. The molecule has 4 aromatic carbocycles. The molecule has 0 aliphatic rings. The number of rotatable bonds is 25. The number of carbonyl (C=O) groups is 2. The second kappa shape index (κ2) is 25.4. The zero-order valence-electron chi connectivity index (χ0n) is 38.5. The van der Waals surface area contributed by atoms with Crippen LogP contribution in [-0.4, -0.2) is 61.1 Å². The molecule has 0 saturated carbocycles. The Kier molecular flexibility index (Phi) is 18.9. The van der Waals surface area contributed by atoms with Crippen molar-refractivity contribution >= 4 is 35.1 Å². The summed E-state index contributed by atoms with van der Waals surface area (Å²) in [6.07, 6.45) is 4.49. The van der Waals surface area contributed by atoms with Gasteiger partial charge in [-0.15, -0.1) is 0 Å². The van der Waals surface area contributed by atoms with Crippen LogP contribution in [0.25, 0.3) is 11.1 Å². The summed E-state index contributed by atoms with van der Waals surface area (Å²) in [6, 6.07) is 26.3. The molecule has 0 saturated heterocycles. The first-order valence-electron chi connectivity index (χ1n) is 22.2. The highest BCUT2D eigenvalue weighted by Crippen LogP contribution is 2.38. The van der Waals surface area contributed by atoms with Crippen LogP contribution < -0.4 is 24.3 Å². The quantitative estimate of drug-likeness (QED) is 0.0359. The smallest absolute Gasteiger partial charge is 0.306 e. The van der Waals surface area contributed by atoms with Crippen LogP contribution in [0, 0.1) is 36.5 Å². The largest absolute Gasteiger partial charge is 0.488 e. The number of nitriles is 2. The monoisotopic (exact) mass is 987 g/mol. The Bertz CT molecular complexity index is 2710. The van der Waals surface area contributed by atoms with Crippen molar-refractivity contribution in [2.75, 3.05) is 6.54 Å². The van der Waals surface area contributed by atoms with E-state index < -0.39 is 30.6 Å². The highest BCUT2D eigenvalue weighted by molar-refractivity contribution is 6.32. The summed E-state index contributed by atoms with van der Waals surface area (Å²) in [4.78, 5) is 30.4. The van der Waals surface area contributed by atoms with Crippen LogP contribution in [0.3, 0.4) is 0 Å². The van der Waals surface area contributed by atoms with Crippen LogP contribution in [0.2, 0.25) is 10.0 Å². The molecule has 0 aliphatic heterocycles. The lowest BCUT2D eigenvalue weighted by Crippen LogP contribution is -2.28. The summed E-state index contributed by atoms with van der Waals surface area (Å²) in [7, 11) is 0. The maximum atomic E-state index is 11.1. The van der Waals surface area contributed by atoms with Crippen molar-refractivity contribution in [3.05, 3.63) is 163 Å². The molecule has 5 N–H and O–H groups in total. The standard InChI is InChI=1S/C53H51Cl2N5O10/c1-32-39(30-69-50-18-48(67-28-36-12-34(20-56)22-58-24-36)38(14-46(50)54)6-3-9-42(61)16-52(63)64)7-4-10-44(32)45-11-5-8-40(33(45)2)31-70-51-19-49(68-29-37-13-35(21-57)23-59-25-37)41(15-47(51)55)26-60-27-43(62)17-53(65)66/h4-5,7-8,10-15,18-19,22-25,42-43,60-62H,3,6,9,16-17,26-31H2,1-2H3,(H,63,64)(H,65,66)/t42-,43+/m1/s1. The first-order chi connectivity index (χ1) is 33.7. The van der Waals surface area contributed by atoms with Crippen LogP contribution in [0.15, 0.2) is 97.6 Å². The molecule has 0 radical (unpaired) electrons. The summed E-state index contributed by atoms with van der Waals surface area (Å²) in [6.45, 7) is 4.80. The maximum absolute atomic E-state index is 11.1. The number of aliphatic hydroxyl groups is 2. The molecule has 2 heterocycles. The number of ether oxygens (including phenoxy) is 4. The molecule has 0 spiro atoms. The van der Waals surface area contributed by atoms with Crippen molar-refractivity contribution in [2.24, 2.45) is 0 Å². The van der Waals surface area contributed by atoms with Gasteiger partial charge in [0.1, 0.15) is 61.6 Å². The van der Waals surface area contributed by atoms with Crippen LogP contribution in [0.4, 0.5) is 0 Å². The number of halogens is 2. The molecular formula is C53H51Cl2N5O10. The number of pyridine rings is 2. The van der Waals surface area contributed by atoms with Crippen molar-refractivity contribution in [1.29, 1.82) is 10.5 Å². The fraction of sp³-hybridized carbons (Fsp3) is 0.283. The Balaban J connectivity index is 1.18. The van der Waals surface area contributed by atoms with E-state index >= 15 is 0 Å². The van der Waals surface area contributed by atoms with E-state index in [9.17, 15) is 30.3 Å². The van der Waals surface area contributed by atoms with E-state index in [-0.39, 0.29) is 52.4 Å². The summed E-state index contributed by atoms with van der Waals surface area (Å²) in [5.41, 5.74) is 9.25. The second-order valence-electron chi connectivity index (χ2n) is 16.5. The molecular weight excluding hydrogens is 938 g/mol. The third-order valence-corrected chi connectivity index (χ3v) is 11.9. The minimum absolute atomic E-state index is 0.0223.